The Balaban J connectivity index is 1.43. The normalized spacial score (nSPS) is 14.0. The average Bonchev–Trinajstić information content (AvgIpc) is 2.88. The Kier molecular flexibility index (Phi) is 7.65. The molecule has 1 aliphatic rings. The predicted molar refractivity (Wildman–Crippen MR) is 142 cm³/mol. The number of pyridine rings is 1. The standard InChI is InChI=1S/C26H31N7O3/c1-18(2)31-10-12-32(13-11-31)21-8-6-20(7-9-21)30-25-15-24(23(17-29-25)26(27)34)28-16-19-4-3-5-22(14-19)33(35)36/h3-9,14-15,17-18H,10-13,16H2,1-2H3,(H2,27,34)(H2,28,29,30). The van der Waals surface area contributed by atoms with E-state index in [1.165, 1.54) is 24.0 Å². The number of nitrogens with one attached hydrogen (secondary N) is 2. The first-order chi connectivity index (χ1) is 17.3. The van der Waals surface area contributed by atoms with Crippen LogP contribution in [-0.2, 0) is 6.54 Å². The Morgan fingerprint density at radius 3 is 2.47 bits per heavy atom. The van der Waals surface area contributed by atoms with Crippen LogP contribution in [0.2, 0.25) is 0 Å². The van der Waals surface area contributed by atoms with Crippen molar-refractivity contribution in [2.45, 2.75) is 26.4 Å². The second-order valence-corrected chi connectivity index (χ2v) is 9.05. The quantitative estimate of drug-likeness (QED) is 0.304. The molecule has 0 spiro atoms. The minimum Gasteiger partial charge on any atom is -0.380 e. The number of hydrogen-bond acceptors (Lipinski definition) is 8. The van der Waals surface area contributed by atoms with Crippen LogP contribution in [-0.4, -0.2) is 52.9 Å². The zero-order valence-electron chi connectivity index (χ0n) is 20.5. The topological polar surface area (TPSA) is 130 Å². The lowest BCUT2D eigenvalue weighted by Gasteiger charge is -2.38. The maximum atomic E-state index is 11.9. The number of hydrogen-bond donors (Lipinski definition) is 3. The second-order valence-electron chi connectivity index (χ2n) is 9.05. The fourth-order valence-electron chi connectivity index (χ4n) is 4.24. The van der Waals surface area contributed by atoms with Gasteiger partial charge in [0.25, 0.3) is 11.6 Å². The van der Waals surface area contributed by atoms with Crippen molar-refractivity contribution in [3.63, 3.8) is 0 Å². The first-order valence-corrected chi connectivity index (χ1v) is 11.9. The van der Waals surface area contributed by atoms with Crippen LogP contribution in [0.15, 0.2) is 60.8 Å². The van der Waals surface area contributed by atoms with E-state index in [2.05, 4.69) is 51.4 Å². The molecule has 2 heterocycles. The summed E-state index contributed by atoms with van der Waals surface area (Å²) in [7, 11) is 0. The summed E-state index contributed by atoms with van der Waals surface area (Å²) in [5.41, 5.74) is 9.01. The van der Waals surface area contributed by atoms with Crippen LogP contribution in [0, 0.1) is 10.1 Å². The van der Waals surface area contributed by atoms with E-state index in [-0.39, 0.29) is 17.8 Å². The molecule has 1 saturated heterocycles. The Morgan fingerprint density at radius 1 is 1.11 bits per heavy atom. The summed E-state index contributed by atoms with van der Waals surface area (Å²) >= 11 is 0. The van der Waals surface area contributed by atoms with Crippen LogP contribution in [0.3, 0.4) is 0 Å². The van der Waals surface area contributed by atoms with Gasteiger partial charge in [-0.15, -0.1) is 0 Å². The summed E-state index contributed by atoms with van der Waals surface area (Å²) < 4.78 is 0. The molecule has 36 heavy (non-hydrogen) atoms. The number of benzene rings is 2. The molecule has 1 amide bonds. The average molecular weight is 490 g/mol. The van der Waals surface area contributed by atoms with Gasteiger partial charge >= 0.3 is 0 Å². The number of non-ortho nitro benzene ring substituents is 1. The lowest BCUT2D eigenvalue weighted by molar-refractivity contribution is -0.384. The second kappa shape index (κ2) is 11.0. The molecule has 0 atom stereocenters. The van der Waals surface area contributed by atoms with Gasteiger partial charge in [-0.1, -0.05) is 12.1 Å². The number of nitrogens with two attached hydrogens (primary N) is 1. The van der Waals surface area contributed by atoms with Crippen LogP contribution in [0.1, 0.15) is 29.8 Å². The third-order valence-corrected chi connectivity index (χ3v) is 6.32. The van der Waals surface area contributed by atoms with Crippen LogP contribution in [0.4, 0.5) is 28.6 Å². The molecular formula is C26H31N7O3. The highest BCUT2D eigenvalue weighted by molar-refractivity contribution is 5.98. The number of primary amides is 1. The third kappa shape index (κ3) is 6.08. The van der Waals surface area contributed by atoms with Crippen LogP contribution in [0.5, 0.6) is 0 Å². The van der Waals surface area contributed by atoms with Crippen LogP contribution < -0.4 is 21.3 Å². The Hall–Kier alpha value is -4.18. The van der Waals surface area contributed by atoms with Crippen molar-refractivity contribution < 1.29 is 9.72 Å². The van der Waals surface area contributed by atoms with Gasteiger partial charge in [0.1, 0.15) is 5.82 Å². The number of rotatable bonds is 9. The Labute approximate surface area is 210 Å². The van der Waals surface area contributed by atoms with Gasteiger partial charge in [-0.25, -0.2) is 4.98 Å². The van der Waals surface area contributed by atoms with Crippen LogP contribution in [0.25, 0.3) is 0 Å². The van der Waals surface area contributed by atoms with E-state index in [1.807, 2.05) is 12.1 Å². The van der Waals surface area contributed by atoms with Gasteiger partial charge in [0, 0.05) is 74.5 Å². The van der Waals surface area contributed by atoms with E-state index in [0.717, 1.165) is 31.9 Å². The summed E-state index contributed by atoms with van der Waals surface area (Å²) in [6.45, 7) is 8.86. The van der Waals surface area contributed by atoms with Crippen molar-refractivity contribution in [2.24, 2.45) is 5.73 Å². The molecule has 1 fully saturated rings. The van der Waals surface area contributed by atoms with E-state index in [0.29, 0.717) is 23.1 Å². The number of amides is 1. The lowest BCUT2D eigenvalue weighted by Crippen LogP contribution is -2.48. The summed E-state index contributed by atoms with van der Waals surface area (Å²) in [5, 5.41) is 17.5. The van der Waals surface area contributed by atoms with Gasteiger partial charge in [0.05, 0.1) is 16.2 Å². The smallest absolute Gasteiger partial charge is 0.269 e. The van der Waals surface area contributed by atoms with Gasteiger partial charge in [0.2, 0.25) is 0 Å². The third-order valence-electron chi connectivity index (χ3n) is 6.32. The number of nitro benzene ring substituents is 1. The maximum Gasteiger partial charge on any atom is 0.269 e. The minimum absolute atomic E-state index is 0.00626. The number of anilines is 4. The molecule has 0 aliphatic carbocycles. The Morgan fingerprint density at radius 2 is 1.83 bits per heavy atom. The van der Waals surface area contributed by atoms with Gasteiger partial charge in [-0.05, 0) is 43.7 Å². The molecule has 4 N–H and O–H groups in total. The molecule has 1 aromatic heterocycles. The summed E-state index contributed by atoms with van der Waals surface area (Å²) in [6.07, 6.45) is 1.42. The molecule has 0 bridgehead atoms. The molecule has 0 unspecified atom stereocenters. The highest BCUT2D eigenvalue weighted by atomic mass is 16.6. The zero-order valence-corrected chi connectivity index (χ0v) is 20.5. The van der Waals surface area contributed by atoms with E-state index in [9.17, 15) is 14.9 Å². The number of nitro groups is 1. The van der Waals surface area contributed by atoms with E-state index < -0.39 is 10.8 Å². The SMILES string of the molecule is CC(C)N1CCN(c2ccc(Nc3cc(NCc4cccc([N+](=O)[O-])c4)c(C(N)=O)cn3)cc2)CC1. The molecule has 10 nitrogen and oxygen atoms in total. The lowest BCUT2D eigenvalue weighted by atomic mass is 10.1. The van der Waals surface area contributed by atoms with Crippen molar-refractivity contribution in [1.29, 1.82) is 0 Å². The van der Waals surface area contributed by atoms with Crippen molar-refractivity contribution in [3.8, 4) is 0 Å². The monoisotopic (exact) mass is 489 g/mol. The zero-order chi connectivity index (χ0) is 25.7. The Bertz CT molecular complexity index is 1220. The predicted octanol–water partition coefficient (Wildman–Crippen LogP) is 3.97. The molecule has 3 aromatic rings. The van der Waals surface area contributed by atoms with Gasteiger partial charge in [-0.3, -0.25) is 19.8 Å². The van der Waals surface area contributed by atoms with Crippen molar-refractivity contribution in [2.75, 3.05) is 41.7 Å². The van der Waals surface area contributed by atoms with Crippen LogP contribution >= 0.6 is 0 Å². The summed E-state index contributed by atoms with van der Waals surface area (Å²) in [5.74, 6) is -0.0719. The van der Waals surface area contributed by atoms with E-state index in [1.54, 1.807) is 18.2 Å². The minimum atomic E-state index is -0.613. The molecule has 188 valence electrons. The van der Waals surface area contributed by atoms with Gasteiger partial charge in [-0.2, -0.15) is 0 Å². The largest absolute Gasteiger partial charge is 0.380 e. The number of piperazine rings is 1. The first-order valence-electron chi connectivity index (χ1n) is 11.9. The molecule has 4 rings (SSSR count). The molecular weight excluding hydrogens is 458 g/mol. The maximum absolute atomic E-state index is 11.9. The molecule has 0 radical (unpaired) electrons. The van der Waals surface area contributed by atoms with E-state index in [4.69, 9.17) is 5.73 Å². The van der Waals surface area contributed by atoms with E-state index >= 15 is 0 Å². The van der Waals surface area contributed by atoms with Crippen molar-refractivity contribution in [3.05, 3.63) is 82.0 Å². The van der Waals surface area contributed by atoms with Crippen molar-refractivity contribution in [1.82, 2.24) is 9.88 Å². The number of carbonyl (C=O) groups is 1. The number of aromatic nitrogens is 1. The first kappa shape index (κ1) is 24.9. The molecule has 2 aromatic carbocycles. The summed E-state index contributed by atoms with van der Waals surface area (Å²) in [4.78, 5) is 31.7. The molecule has 0 saturated carbocycles. The fraction of sp³-hybridized carbons (Fsp3) is 0.308. The number of nitrogens with zero attached hydrogens (tertiary/aromatic N) is 4. The molecule has 10 heteroatoms. The highest BCUT2D eigenvalue weighted by Gasteiger charge is 2.19. The van der Waals surface area contributed by atoms with Gasteiger partial charge < -0.3 is 21.3 Å². The summed E-state index contributed by atoms with van der Waals surface area (Å²) in [6, 6.07) is 16.8. The fourth-order valence-corrected chi connectivity index (χ4v) is 4.24. The highest BCUT2D eigenvalue weighted by Crippen LogP contribution is 2.25. The van der Waals surface area contributed by atoms with Gasteiger partial charge in [0.15, 0.2) is 0 Å². The van der Waals surface area contributed by atoms with Crippen molar-refractivity contribution >= 4 is 34.5 Å². The number of carbonyl (C=O) groups excluding carboxylic acids is 1. The molecule has 1 aliphatic heterocycles.